The van der Waals surface area contributed by atoms with Crippen molar-refractivity contribution in [1.82, 2.24) is 9.80 Å². The third kappa shape index (κ3) is 5.32. The number of nitrogens with zero attached hydrogens (tertiary/aromatic N) is 2. The van der Waals surface area contributed by atoms with Crippen molar-refractivity contribution in [3.8, 4) is 5.75 Å². The maximum Gasteiger partial charge on any atom is 0.224 e. The molecule has 1 aromatic rings. The van der Waals surface area contributed by atoms with Crippen LogP contribution in [-0.2, 0) is 11.2 Å². The van der Waals surface area contributed by atoms with E-state index in [-0.39, 0.29) is 5.91 Å². The highest BCUT2D eigenvalue weighted by molar-refractivity contribution is 6.44. The minimum absolute atomic E-state index is 0.0846. The Bertz CT molecular complexity index is 845. The average molecular weight is 450 g/mol. The summed E-state index contributed by atoms with van der Waals surface area (Å²) in [6.45, 7) is 5.91. The van der Waals surface area contributed by atoms with Gasteiger partial charge in [-0.3, -0.25) is 9.69 Å². The lowest BCUT2D eigenvalue weighted by Crippen LogP contribution is -2.46. The van der Waals surface area contributed by atoms with Crippen LogP contribution in [0.3, 0.4) is 0 Å². The van der Waals surface area contributed by atoms with Crippen molar-refractivity contribution < 1.29 is 9.53 Å². The zero-order valence-electron chi connectivity index (χ0n) is 17.3. The fraction of sp³-hybridized carbons (Fsp3) is 0.522. The van der Waals surface area contributed by atoms with Crippen molar-refractivity contribution in [3.05, 3.63) is 45.6 Å². The summed E-state index contributed by atoms with van der Waals surface area (Å²) in [6, 6.07) is 6.00. The fourth-order valence-electron chi connectivity index (χ4n) is 4.28. The number of anilines is 1. The van der Waals surface area contributed by atoms with Crippen molar-refractivity contribution in [2.45, 2.75) is 38.5 Å². The van der Waals surface area contributed by atoms with Gasteiger partial charge in [0.1, 0.15) is 5.75 Å². The van der Waals surface area contributed by atoms with Crippen molar-refractivity contribution in [2.75, 3.05) is 44.6 Å². The Hall–Kier alpha value is -1.69. The highest BCUT2D eigenvalue weighted by atomic mass is 35.5. The van der Waals surface area contributed by atoms with Crippen LogP contribution in [0.1, 0.15) is 37.7 Å². The molecule has 0 atom stereocenters. The van der Waals surface area contributed by atoms with E-state index >= 15 is 0 Å². The van der Waals surface area contributed by atoms with E-state index in [1.54, 1.807) is 0 Å². The number of ether oxygens (including phenoxy) is 1. The molecule has 162 valence electrons. The lowest BCUT2D eigenvalue weighted by atomic mass is 10.0. The first-order chi connectivity index (χ1) is 14.6. The molecule has 1 amide bonds. The van der Waals surface area contributed by atoms with E-state index in [0.717, 1.165) is 81.3 Å². The summed E-state index contributed by atoms with van der Waals surface area (Å²) >= 11 is 12.6. The minimum atomic E-state index is 0.0846. The van der Waals surface area contributed by atoms with Gasteiger partial charge < -0.3 is 15.0 Å². The zero-order valence-corrected chi connectivity index (χ0v) is 18.8. The number of carbonyl (C=O) groups is 1. The van der Waals surface area contributed by atoms with Crippen LogP contribution in [0.2, 0.25) is 0 Å². The van der Waals surface area contributed by atoms with Gasteiger partial charge >= 0.3 is 0 Å². The van der Waals surface area contributed by atoms with E-state index in [0.29, 0.717) is 18.1 Å². The number of aryl methyl sites for hydroxylation is 1. The molecule has 0 radical (unpaired) electrons. The number of piperazine rings is 1. The predicted molar refractivity (Wildman–Crippen MR) is 122 cm³/mol. The minimum Gasteiger partial charge on any atom is -0.494 e. The molecule has 1 aliphatic carbocycles. The Balaban J connectivity index is 1.14. The second-order valence-corrected chi connectivity index (χ2v) is 8.89. The summed E-state index contributed by atoms with van der Waals surface area (Å²) < 4.78 is 5.90. The average Bonchev–Trinajstić information content (AvgIpc) is 2.76. The molecular weight excluding hydrogens is 421 g/mol. The standard InChI is InChI=1S/C23H29Cl2N3O2/c24-19-4-3-5-21(23(19)25)28-13-11-27(12-14-28)10-1-2-15-30-18-8-6-17-7-9-22(29)26-20(17)16-18/h4,6,8,16H,1-3,5,7,9-15H2,(H,26,29). The molecule has 1 fully saturated rings. The highest BCUT2D eigenvalue weighted by Gasteiger charge is 2.23. The Morgan fingerprint density at radius 1 is 1.03 bits per heavy atom. The molecule has 0 aromatic heterocycles. The van der Waals surface area contributed by atoms with Gasteiger partial charge in [-0.25, -0.2) is 0 Å². The van der Waals surface area contributed by atoms with Crippen LogP contribution in [0.5, 0.6) is 5.75 Å². The predicted octanol–water partition coefficient (Wildman–Crippen LogP) is 4.71. The molecule has 0 unspecified atom stereocenters. The number of hydrogen-bond donors (Lipinski definition) is 1. The summed E-state index contributed by atoms with van der Waals surface area (Å²) in [6.07, 6.45) is 7.46. The first kappa shape index (κ1) is 21.5. The van der Waals surface area contributed by atoms with Gasteiger partial charge in [0.2, 0.25) is 5.91 Å². The van der Waals surface area contributed by atoms with Crippen molar-refractivity contribution in [1.29, 1.82) is 0 Å². The van der Waals surface area contributed by atoms with Gasteiger partial charge in [0.15, 0.2) is 0 Å². The molecular formula is C23H29Cl2N3O2. The number of nitrogens with one attached hydrogen (secondary N) is 1. The molecule has 2 heterocycles. The van der Waals surface area contributed by atoms with E-state index in [9.17, 15) is 4.79 Å². The second-order valence-electron chi connectivity index (χ2n) is 8.10. The van der Waals surface area contributed by atoms with E-state index in [1.165, 1.54) is 11.3 Å². The fourth-order valence-corrected chi connectivity index (χ4v) is 4.79. The smallest absolute Gasteiger partial charge is 0.224 e. The lowest BCUT2D eigenvalue weighted by Gasteiger charge is -2.38. The van der Waals surface area contributed by atoms with E-state index in [4.69, 9.17) is 27.9 Å². The summed E-state index contributed by atoms with van der Waals surface area (Å²) in [5.41, 5.74) is 3.29. The molecule has 30 heavy (non-hydrogen) atoms. The molecule has 1 aromatic carbocycles. The number of halogens is 2. The number of benzene rings is 1. The van der Waals surface area contributed by atoms with Gasteiger partial charge in [0.05, 0.1) is 16.7 Å². The molecule has 0 saturated carbocycles. The summed E-state index contributed by atoms with van der Waals surface area (Å²) in [5, 5.41) is 4.35. The third-order valence-corrected chi connectivity index (χ3v) is 6.90. The first-order valence-corrected chi connectivity index (χ1v) is 11.6. The van der Waals surface area contributed by atoms with Crippen LogP contribution in [0.15, 0.2) is 40.0 Å². The van der Waals surface area contributed by atoms with Gasteiger partial charge in [0, 0.05) is 50.1 Å². The molecule has 1 saturated heterocycles. The Morgan fingerprint density at radius 2 is 1.87 bits per heavy atom. The molecule has 2 aliphatic heterocycles. The summed E-state index contributed by atoms with van der Waals surface area (Å²) in [4.78, 5) is 16.5. The summed E-state index contributed by atoms with van der Waals surface area (Å²) in [5.74, 6) is 0.913. The van der Waals surface area contributed by atoms with Gasteiger partial charge in [0.25, 0.3) is 0 Å². The van der Waals surface area contributed by atoms with E-state index < -0.39 is 0 Å². The number of amides is 1. The van der Waals surface area contributed by atoms with Crippen LogP contribution in [0, 0.1) is 0 Å². The Kier molecular flexibility index (Phi) is 7.24. The molecule has 3 aliphatic rings. The number of allylic oxidation sites excluding steroid dienone is 4. The maximum atomic E-state index is 11.6. The summed E-state index contributed by atoms with van der Waals surface area (Å²) in [7, 11) is 0. The van der Waals surface area contributed by atoms with Crippen LogP contribution in [0.4, 0.5) is 5.69 Å². The molecule has 0 bridgehead atoms. The van der Waals surface area contributed by atoms with Crippen LogP contribution in [0.25, 0.3) is 0 Å². The van der Waals surface area contributed by atoms with Crippen molar-refractivity contribution >= 4 is 34.8 Å². The van der Waals surface area contributed by atoms with E-state index in [1.807, 2.05) is 18.2 Å². The Labute approximate surface area is 188 Å². The molecule has 7 heteroatoms. The first-order valence-electron chi connectivity index (χ1n) is 10.9. The highest BCUT2D eigenvalue weighted by Crippen LogP contribution is 2.33. The normalized spacial score (nSPS) is 20.0. The number of rotatable bonds is 7. The molecule has 4 rings (SSSR count). The van der Waals surface area contributed by atoms with Crippen molar-refractivity contribution in [3.63, 3.8) is 0 Å². The number of hydrogen-bond acceptors (Lipinski definition) is 4. The lowest BCUT2D eigenvalue weighted by molar-refractivity contribution is -0.116. The monoisotopic (exact) mass is 449 g/mol. The SMILES string of the molecule is O=C1CCc2ccc(OCCCCN3CCN(C4=C(Cl)C(Cl)=CCC4)CC3)cc2N1. The molecule has 5 nitrogen and oxygen atoms in total. The zero-order chi connectivity index (χ0) is 20.9. The van der Waals surface area contributed by atoms with Crippen LogP contribution >= 0.6 is 23.2 Å². The van der Waals surface area contributed by atoms with Gasteiger partial charge in [-0.2, -0.15) is 0 Å². The number of carbonyl (C=O) groups excluding carboxylic acids is 1. The maximum absolute atomic E-state index is 11.6. The van der Waals surface area contributed by atoms with Gasteiger partial charge in [-0.1, -0.05) is 35.3 Å². The van der Waals surface area contributed by atoms with Crippen molar-refractivity contribution in [2.24, 2.45) is 0 Å². The Morgan fingerprint density at radius 3 is 2.70 bits per heavy atom. The molecule has 0 spiro atoms. The number of unbranched alkanes of at least 4 members (excludes halogenated alkanes) is 1. The van der Waals surface area contributed by atoms with E-state index in [2.05, 4.69) is 21.2 Å². The quantitative estimate of drug-likeness (QED) is 0.611. The largest absolute Gasteiger partial charge is 0.494 e. The van der Waals surface area contributed by atoms with Crippen LogP contribution in [-0.4, -0.2) is 55.0 Å². The van der Waals surface area contributed by atoms with Crippen LogP contribution < -0.4 is 10.1 Å². The third-order valence-electron chi connectivity index (χ3n) is 6.04. The topological polar surface area (TPSA) is 44.8 Å². The number of fused-ring (bicyclic) bond motifs is 1. The van der Waals surface area contributed by atoms with Gasteiger partial charge in [-0.05, 0) is 50.3 Å². The second kappa shape index (κ2) is 10.1. The molecule has 1 N–H and O–H groups in total. The van der Waals surface area contributed by atoms with Gasteiger partial charge in [-0.15, -0.1) is 0 Å².